The average Bonchev–Trinajstić information content (AvgIpc) is 2.84. The SMILES string of the molecule is CC=CC(=O)OCCOc1ccc(C(C)(C)c2ccc(OC(=O)C=CC)c(OCC)c2OCC)cc1. The summed E-state index contributed by atoms with van der Waals surface area (Å²) < 4.78 is 28.2. The van der Waals surface area contributed by atoms with Crippen LogP contribution >= 0.6 is 0 Å². The van der Waals surface area contributed by atoms with Crippen molar-refractivity contribution in [2.24, 2.45) is 0 Å². The van der Waals surface area contributed by atoms with Gasteiger partial charge in [0.2, 0.25) is 5.75 Å². The summed E-state index contributed by atoms with van der Waals surface area (Å²) >= 11 is 0. The van der Waals surface area contributed by atoms with Crippen molar-refractivity contribution in [3.8, 4) is 23.0 Å². The Morgan fingerprint density at radius 2 is 1.39 bits per heavy atom. The molecule has 0 fully saturated rings. The van der Waals surface area contributed by atoms with E-state index in [9.17, 15) is 9.59 Å². The molecule has 0 amide bonds. The fourth-order valence-electron chi connectivity index (χ4n) is 3.57. The number of carbonyl (C=O) groups is 2. The van der Waals surface area contributed by atoms with E-state index in [4.69, 9.17) is 23.7 Å². The fourth-order valence-corrected chi connectivity index (χ4v) is 3.57. The second-order valence-electron chi connectivity index (χ2n) is 8.22. The van der Waals surface area contributed by atoms with Crippen LogP contribution in [-0.2, 0) is 19.7 Å². The molecule has 36 heavy (non-hydrogen) atoms. The third kappa shape index (κ3) is 7.63. The number of rotatable bonds is 13. The van der Waals surface area contributed by atoms with Gasteiger partial charge in [-0.15, -0.1) is 0 Å². The predicted molar refractivity (Wildman–Crippen MR) is 139 cm³/mol. The van der Waals surface area contributed by atoms with Gasteiger partial charge in [-0.25, -0.2) is 9.59 Å². The van der Waals surface area contributed by atoms with Gasteiger partial charge in [-0.2, -0.15) is 0 Å². The third-order valence-electron chi connectivity index (χ3n) is 5.32. The zero-order valence-electron chi connectivity index (χ0n) is 22.0. The lowest BCUT2D eigenvalue weighted by molar-refractivity contribution is -0.138. The first-order valence-electron chi connectivity index (χ1n) is 12.1. The first kappa shape index (κ1) is 28.5. The summed E-state index contributed by atoms with van der Waals surface area (Å²) in [4.78, 5) is 23.5. The maximum absolute atomic E-state index is 12.1. The van der Waals surface area contributed by atoms with Crippen LogP contribution in [0.3, 0.4) is 0 Å². The van der Waals surface area contributed by atoms with Gasteiger partial charge in [0.25, 0.3) is 0 Å². The van der Waals surface area contributed by atoms with Crippen LogP contribution in [0.15, 0.2) is 60.7 Å². The van der Waals surface area contributed by atoms with E-state index in [0.717, 1.165) is 11.1 Å². The molecule has 0 N–H and O–H groups in total. The average molecular weight is 497 g/mol. The molecule has 0 saturated carbocycles. The van der Waals surface area contributed by atoms with Gasteiger partial charge in [0.05, 0.1) is 13.2 Å². The largest absolute Gasteiger partial charge is 0.490 e. The van der Waals surface area contributed by atoms with Crippen LogP contribution in [0, 0.1) is 0 Å². The molecule has 0 unspecified atom stereocenters. The second-order valence-corrected chi connectivity index (χ2v) is 8.22. The summed E-state index contributed by atoms with van der Waals surface area (Å²) in [6.07, 6.45) is 5.96. The van der Waals surface area contributed by atoms with Crippen LogP contribution in [0.1, 0.15) is 52.7 Å². The Labute approximate surface area is 213 Å². The number of ether oxygens (including phenoxy) is 5. The molecule has 0 heterocycles. The summed E-state index contributed by atoms with van der Waals surface area (Å²) in [6.45, 7) is 12.7. The van der Waals surface area contributed by atoms with Crippen molar-refractivity contribution in [2.75, 3.05) is 26.4 Å². The molecule has 2 rings (SSSR count). The molecule has 0 aliphatic rings. The Hall–Kier alpha value is -3.74. The number of allylic oxidation sites excluding steroid dienone is 2. The van der Waals surface area contributed by atoms with Gasteiger partial charge in [-0.05, 0) is 51.5 Å². The molecular weight excluding hydrogens is 460 g/mol. The topological polar surface area (TPSA) is 80.3 Å². The molecule has 2 aromatic rings. The predicted octanol–water partition coefficient (Wildman–Crippen LogP) is 5.79. The number of carbonyl (C=O) groups excluding carboxylic acids is 2. The molecule has 0 aliphatic heterocycles. The van der Waals surface area contributed by atoms with Crippen LogP contribution in [0.25, 0.3) is 0 Å². The van der Waals surface area contributed by atoms with Crippen molar-refractivity contribution in [1.82, 2.24) is 0 Å². The van der Waals surface area contributed by atoms with Crippen LogP contribution < -0.4 is 18.9 Å². The molecule has 0 aliphatic carbocycles. The zero-order chi connectivity index (χ0) is 26.6. The monoisotopic (exact) mass is 496 g/mol. The summed E-state index contributed by atoms with van der Waals surface area (Å²) in [5.41, 5.74) is 1.45. The summed E-state index contributed by atoms with van der Waals surface area (Å²) in [5.74, 6) is 1.04. The van der Waals surface area contributed by atoms with Crippen LogP contribution in [0.5, 0.6) is 23.0 Å². The molecule has 0 aromatic heterocycles. The van der Waals surface area contributed by atoms with Gasteiger partial charge >= 0.3 is 11.9 Å². The molecule has 0 spiro atoms. The van der Waals surface area contributed by atoms with Gasteiger partial charge in [-0.3, -0.25) is 0 Å². The minimum atomic E-state index is -0.486. The van der Waals surface area contributed by atoms with E-state index < -0.39 is 17.4 Å². The molecule has 7 heteroatoms. The summed E-state index contributed by atoms with van der Waals surface area (Å²) in [5, 5.41) is 0. The van der Waals surface area contributed by atoms with Crippen molar-refractivity contribution in [1.29, 1.82) is 0 Å². The highest BCUT2D eigenvalue weighted by Crippen LogP contribution is 2.47. The molecule has 0 bridgehead atoms. The molecular formula is C29H36O7. The van der Waals surface area contributed by atoms with Gasteiger partial charge in [0.15, 0.2) is 11.5 Å². The maximum atomic E-state index is 12.1. The van der Waals surface area contributed by atoms with E-state index >= 15 is 0 Å². The van der Waals surface area contributed by atoms with Gasteiger partial charge < -0.3 is 23.7 Å². The Kier molecular flexibility index (Phi) is 11.1. The Morgan fingerprint density at radius 1 is 0.778 bits per heavy atom. The fraction of sp³-hybridized carbons (Fsp3) is 0.379. The van der Waals surface area contributed by atoms with Crippen LogP contribution in [0.2, 0.25) is 0 Å². The lowest BCUT2D eigenvalue weighted by Crippen LogP contribution is -2.21. The molecule has 7 nitrogen and oxygen atoms in total. The molecule has 0 atom stereocenters. The van der Waals surface area contributed by atoms with E-state index in [2.05, 4.69) is 13.8 Å². The first-order valence-corrected chi connectivity index (χ1v) is 12.1. The Bertz CT molecular complexity index is 1070. The maximum Gasteiger partial charge on any atom is 0.335 e. The highest BCUT2D eigenvalue weighted by atomic mass is 16.6. The smallest absolute Gasteiger partial charge is 0.335 e. The lowest BCUT2D eigenvalue weighted by atomic mass is 9.77. The minimum absolute atomic E-state index is 0.166. The Balaban J connectivity index is 2.30. The van der Waals surface area contributed by atoms with E-state index in [1.165, 1.54) is 12.2 Å². The first-order chi connectivity index (χ1) is 17.3. The third-order valence-corrected chi connectivity index (χ3v) is 5.32. The van der Waals surface area contributed by atoms with Gasteiger partial charge in [0.1, 0.15) is 19.0 Å². The van der Waals surface area contributed by atoms with Crippen molar-refractivity contribution in [3.05, 3.63) is 71.8 Å². The second kappa shape index (κ2) is 14.0. The quantitative estimate of drug-likeness (QED) is 0.150. The van der Waals surface area contributed by atoms with E-state index in [1.54, 1.807) is 32.1 Å². The molecule has 0 saturated heterocycles. The number of esters is 2. The highest BCUT2D eigenvalue weighted by molar-refractivity contribution is 5.84. The molecule has 0 radical (unpaired) electrons. The molecule has 194 valence electrons. The highest BCUT2D eigenvalue weighted by Gasteiger charge is 2.31. The minimum Gasteiger partial charge on any atom is -0.490 e. The van der Waals surface area contributed by atoms with E-state index in [-0.39, 0.29) is 13.2 Å². The van der Waals surface area contributed by atoms with Gasteiger partial charge in [-0.1, -0.05) is 44.2 Å². The van der Waals surface area contributed by atoms with Crippen LogP contribution in [0.4, 0.5) is 0 Å². The van der Waals surface area contributed by atoms with Crippen molar-refractivity contribution < 1.29 is 33.3 Å². The van der Waals surface area contributed by atoms with Crippen LogP contribution in [-0.4, -0.2) is 38.4 Å². The van der Waals surface area contributed by atoms with Crippen molar-refractivity contribution in [2.45, 2.75) is 47.0 Å². The van der Waals surface area contributed by atoms with Crippen molar-refractivity contribution in [3.63, 3.8) is 0 Å². The zero-order valence-corrected chi connectivity index (χ0v) is 22.0. The van der Waals surface area contributed by atoms with E-state index in [1.807, 2.05) is 44.2 Å². The number of benzene rings is 2. The summed E-state index contributed by atoms with van der Waals surface area (Å²) in [7, 11) is 0. The summed E-state index contributed by atoms with van der Waals surface area (Å²) in [6, 6.07) is 11.4. The molecule has 2 aromatic carbocycles. The standard InChI is InChI=1S/C29H36O7/c1-7-11-25(30)35-20-19-34-22-15-13-21(14-16-22)29(5,6)23-17-18-24(36-26(31)12-8-2)28(33-10-4)27(23)32-9-3/h7-8,11-18H,9-10,19-20H2,1-6H3. The van der Waals surface area contributed by atoms with E-state index in [0.29, 0.717) is 36.2 Å². The number of hydrogen-bond donors (Lipinski definition) is 0. The normalized spacial score (nSPS) is 11.5. The number of hydrogen-bond acceptors (Lipinski definition) is 7. The van der Waals surface area contributed by atoms with Crippen molar-refractivity contribution >= 4 is 11.9 Å². The Morgan fingerprint density at radius 3 is 2.00 bits per heavy atom. The lowest BCUT2D eigenvalue weighted by Gasteiger charge is -2.30. The van der Waals surface area contributed by atoms with Gasteiger partial charge in [0, 0.05) is 23.1 Å².